The summed E-state index contributed by atoms with van der Waals surface area (Å²) in [6, 6.07) is 8.48. The molecule has 1 heterocycles. The second kappa shape index (κ2) is 13.8. The van der Waals surface area contributed by atoms with Crippen LogP contribution in [0.1, 0.15) is 48.3 Å². The molecule has 0 spiro atoms. The van der Waals surface area contributed by atoms with Crippen LogP contribution < -0.4 is 14.2 Å². The van der Waals surface area contributed by atoms with E-state index < -0.39 is 128 Å². The van der Waals surface area contributed by atoms with Gasteiger partial charge >= 0.3 is 17.9 Å². The molecule has 0 unspecified atom stereocenters. The predicted octanol–water partition coefficient (Wildman–Crippen LogP) is 3.49. The SMILES string of the molecule is O=C(Oc1cc(O)cc2c1C[C@H](OC(=O)c1cc(O)c(O)c(O)c1)[C@@H](c1cc(O)c(OC(=O)c3cc(O)c(O)c(O)c3)c(O)c1)O2)c1cc(O)c(O)c(O)c1. The Morgan fingerprint density at radius 3 is 1.38 bits per heavy atom. The van der Waals surface area contributed by atoms with Gasteiger partial charge in [-0.3, -0.25) is 0 Å². The number of esters is 3. The van der Waals surface area contributed by atoms with Crippen molar-refractivity contribution in [2.75, 3.05) is 0 Å². The van der Waals surface area contributed by atoms with Gasteiger partial charge in [-0.25, -0.2) is 14.4 Å². The topological polar surface area (TPSA) is 331 Å². The lowest BCUT2D eigenvalue weighted by Gasteiger charge is -2.34. The zero-order valence-corrected chi connectivity index (χ0v) is 27.4. The van der Waals surface area contributed by atoms with Gasteiger partial charge in [0.25, 0.3) is 0 Å². The maximum absolute atomic E-state index is 13.3. The molecule has 0 bridgehead atoms. The quantitative estimate of drug-likeness (QED) is 0.0641. The highest BCUT2D eigenvalue weighted by Crippen LogP contribution is 2.47. The van der Waals surface area contributed by atoms with E-state index in [1.807, 2.05) is 0 Å². The van der Waals surface area contributed by atoms with E-state index in [-0.39, 0.29) is 22.6 Å². The molecule has 0 fully saturated rings. The van der Waals surface area contributed by atoms with Crippen LogP contribution >= 0.6 is 0 Å². The van der Waals surface area contributed by atoms with E-state index in [1.165, 1.54) is 0 Å². The molecular weight excluding hydrogens is 736 g/mol. The van der Waals surface area contributed by atoms with Gasteiger partial charge in [0.15, 0.2) is 69.3 Å². The molecule has 0 saturated heterocycles. The van der Waals surface area contributed by atoms with Gasteiger partial charge in [0, 0.05) is 29.7 Å². The minimum Gasteiger partial charge on any atom is -0.508 e. The van der Waals surface area contributed by atoms with Crippen LogP contribution in [0.3, 0.4) is 0 Å². The van der Waals surface area contributed by atoms with E-state index in [9.17, 15) is 75.7 Å². The number of aromatic hydroxyl groups is 12. The molecule has 0 amide bonds. The van der Waals surface area contributed by atoms with Gasteiger partial charge in [-0.05, 0) is 48.5 Å². The fourth-order valence-corrected chi connectivity index (χ4v) is 5.48. The Labute approximate surface area is 305 Å². The average Bonchev–Trinajstić information content (AvgIpc) is 3.12. The maximum atomic E-state index is 13.3. The van der Waals surface area contributed by atoms with Gasteiger partial charge in [-0.15, -0.1) is 0 Å². The van der Waals surface area contributed by atoms with Crippen LogP contribution in [0.15, 0.2) is 60.7 Å². The number of fused-ring (bicyclic) bond motifs is 1. The largest absolute Gasteiger partial charge is 0.508 e. The summed E-state index contributed by atoms with van der Waals surface area (Å²) in [5.74, 6) is -15.5. The summed E-state index contributed by atoms with van der Waals surface area (Å²) in [4.78, 5) is 39.1. The second-order valence-electron chi connectivity index (χ2n) is 11.9. The Balaban J connectivity index is 1.37. The van der Waals surface area contributed by atoms with Crippen molar-refractivity contribution in [3.8, 4) is 86.2 Å². The lowest BCUT2D eigenvalue weighted by molar-refractivity contribution is -0.0190. The molecular formula is C36H26O19. The number of rotatable bonds is 7. The first-order valence-corrected chi connectivity index (χ1v) is 15.4. The van der Waals surface area contributed by atoms with Gasteiger partial charge < -0.3 is 80.2 Å². The first-order valence-electron chi connectivity index (χ1n) is 15.4. The van der Waals surface area contributed by atoms with Crippen molar-refractivity contribution in [1.82, 2.24) is 0 Å². The fraction of sp³-hybridized carbons (Fsp3) is 0.0833. The Morgan fingerprint density at radius 2 is 0.927 bits per heavy atom. The van der Waals surface area contributed by atoms with Crippen LogP contribution in [-0.4, -0.2) is 85.3 Å². The zero-order valence-electron chi connectivity index (χ0n) is 27.4. The molecule has 6 rings (SSSR count). The van der Waals surface area contributed by atoms with Crippen molar-refractivity contribution in [1.29, 1.82) is 0 Å². The lowest BCUT2D eigenvalue weighted by atomic mass is 9.93. The molecule has 2 atom stereocenters. The molecule has 0 radical (unpaired) electrons. The van der Waals surface area contributed by atoms with Crippen LogP contribution in [0.4, 0.5) is 0 Å². The highest BCUT2D eigenvalue weighted by molar-refractivity contribution is 5.94. The number of phenolic OH excluding ortho intramolecular Hbond substituents is 12. The molecule has 19 nitrogen and oxygen atoms in total. The number of phenols is 12. The smallest absolute Gasteiger partial charge is 0.344 e. The van der Waals surface area contributed by atoms with Crippen LogP contribution in [-0.2, 0) is 11.2 Å². The third kappa shape index (κ3) is 7.07. The lowest BCUT2D eigenvalue weighted by Crippen LogP contribution is -2.35. The van der Waals surface area contributed by atoms with E-state index >= 15 is 0 Å². The van der Waals surface area contributed by atoms with E-state index in [4.69, 9.17) is 18.9 Å². The molecule has 1 aliphatic heterocycles. The number of ether oxygens (including phenoxy) is 4. The average molecular weight is 763 g/mol. The molecule has 5 aromatic rings. The van der Waals surface area contributed by atoms with Crippen molar-refractivity contribution in [2.45, 2.75) is 18.6 Å². The summed E-state index contributed by atoms with van der Waals surface area (Å²) < 4.78 is 22.2. The Hall–Kier alpha value is -8.09. The molecule has 284 valence electrons. The van der Waals surface area contributed by atoms with Crippen molar-refractivity contribution in [2.24, 2.45) is 0 Å². The van der Waals surface area contributed by atoms with Gasteiger partial charge in [0.1, 0.15) is 23.4 Å². The number of hydrogen-bond acceptors (Lipinski definition) is 19. The van der Waals surface area contributed by atoms with Gasteiger partial charge in [-0.1, -0.05) is 0 Å². The number of carbonyl (C=O) groups excluding carboxylic acids is 3. The second-order valence-corrected chi connectivity index (χ2v) is 11.9. The fourth-order valence-electron chi connectivity index (χ4n) is 5.48. The Bertz CT molecular complexity index is 2330. The third-order valence-electron chi connectivity index (χ3n) is 8.12. The first-order chi connectivity index (χ1) is 25.9. The van der Waals surface area contributed by atoms with Crippen LogP contribution in [0, 0.1) is 0 Å². The van der Waals surface area contributed by atoms with Crippen molar-refractivity contribution in [3.63, 3.8) is 0 Å². The van der Waals surface area contributed by atoms with Crippen molar-refractivity contribution < 1.29 is 94.6 Å². The van der Waals surface area contributed by atoms with Crippen LogP contribution in [0.2, 0.25) is 0 Å². The molecule has 5 aromatic carbocycles. The van der Waals surface area contributed by atoms with Gasteiger partial charge in [-0.2, -0.15) is 0 Å². The molecule has 55 heavy (non-hydrogen) atoms. The summed E-state index contributed by atoms with van der Waals surface area (Å²) in [7, 11) is 0. The molecule has 0 aromatic heterocycles. The van der Waals surface area contributed by atoms with Crippen molar-refractivity contribution >= 4 is 17.9 Å². The molecule has 0 aliphatic carbocycles. The highest BCUT2D eigenvalue weighted by Gasteiger charge is 2.38. The standard InChI is InChI=1S/C36H26O19/c37-16-9-26-17(27(10-16)53-34(49)13-3-18(38)29(46)19(39)4-13)11-28(54-35(50)14-5-20(40)30(47)21(41)6-14)32(52-26)12-1-24(44)33(25(45)2-12)55-36(51)15-7-22(42)31(48)23(43)8-15/h1-10,28,32,37-48H,11H2/t28-,32+/m0/s1. The first kappa shape index (κ1) is 36.7. The van der Waals surface area contributed by atoms with E-state index in [0.29, 0.717) is 0 Å². The van der Waals surface area contributed by atoms with E-state index in [0.717, 1.165) is 60.7 Å². The highest BCUT2D eigenvalue weighted by atomic mass is 16.6. The molecule has 19 heteroatoms. The summed E-state index contributed by atoms with van der Waals surface area (Å²) >= 11 is 0. The summed E-state index contributed by atoms with van der Waals surface area (Å²) in [6.45, 7) is 0. The summed E-state index contributed by atoms with van der Waals surface area (Å²) in [5, 5.41) is 120. The predicted molar refractivity (Wildman–Crippen MR) is 178 cm³/mol. The minimum absolute atomic E-state index is 0.0248. The molecule has 0 saturated carbocycles. The number of benzene rings is 5. The zero-order chi connectivity index (χ0) is 40.0. The minimum atomic E-state index is -1.52. The van der Waals surface area contributed by atoms with Crippen molar-refractivity contribution in [3.05, 3.63) is 88.5 Å². The van der Waals surface area contributed by atoms with Gasteiger partial charge in [0.05, 0.1) is 16.7 Å². The normalized spacial score (nSPS) is 14.6. The molecule has 12 N–H and O–H groups in total. The number of carbonyl (C=O) groups is 3. The monoisotopic (exact) mass is 762 g/mol. The summed E-state index contributed by atoms with van der Waals surface area (Å²) in [6.07, 6.45) is -3.46. The third-order valence-corrected chi connectivity index (χ3v) is 8.12. The number of hydrogen-bond donors (Lipinski definition) is 12. The Morgan fingerprint density at radius 1 is 0.509 bits per heavy atom. The maximum Gasteiger partial charge on any atom is 0.344 e. The van der Waals surface area contributed by atoms with Crippen LogP contribution in [0.5, 0.6) is 86.2 Å². The molecule has 1 aliphatic rings. The Kier molecular flexibility index (Phi) is 9.21. The van der Waals surface area contributed by atoms with Crippen LogP contribution in [0.25, 0.3) is 0 Å². The van der Waals surface area contributed by atoms with E-state index in [2.05, 4.69) is 0 Å². The van der Waals surface area contributed by atoms with E-state index in [1.54, 1.807) is 0 Å². The van der Waals surface area contributed by atoms with Gasteiger partial charge in [0.2, 0.25) is 5.75 Å². The summed E-state index contributed by atoms with van der Waals surface area (Å²) in [5.41, 5.74) is -1.60.